The van der Waals surface area contributed by atoms with Crippen molar-refractivity contribution in [1.82, 2.24) is 9.80 Å². The Labute approximate surface area is 182 Å². The fraction of sp³-hybridized carbons (Fsp3) is 0.333. The highest BCUT2D eigenvalue weighted by Crippen LogP contribution is 2.44. The van der Waals surface area contributed by atoms with Crippen molar-refractivity contribution < 1.29 is 9.59 Å². The van der Waals surface area contributed by atoms with Crippen LogP contribution in [0.2, 0.25) is 0 Å². The van der Waals surface area contributed by atoms with Crippen molar-refractivity contribution >= 4 is 35.5 Å². The third-order valence-electron chi connectivity index (χ3n) is 5.76. The maximum absolute atomic E-state index is 12.9. The first-order chi connectivity index (χ1) is 14.6. The predicted molar refractivity (Wildman–Crippen MR) is 123 cm³/mol. The zero-order valence-electron chi connectivity index (χ0n) is 17.2. The summed E-state index contributed by atoms with van der Waals surface area (Å²) >= 11 is 1.86. The number of amides is 3. The zero-order chi connectivity index (χ0) is 21.0. The lowest BCUT2D eigenvalue weighted by molar-refractivity contribution is -0.129. The molecule has 0 saturated carbocycles. The summed E-state index contributed by atoms with van der Waals surface area (Å²) in [4.78, 5) is 29.3. The van der Waals surface area contributed by atoms with Crippen LogP contribution >= 0.6 is 11.8 Å². The largest absolute Gasteiger partial charge is 0.324 e. The molecular weight excluding hydrogens is 394 g/mol. The van der Waals surface area contributed by atoms with Crippen LogP contribution in [0.25, 0.3) is 6.08 Å². The molecule has 2 aliphatic heterocycles. The second kappa shape index (κ2) is 8.96. The van der Waals surface area contributed by atoms with Crippen molar-refractivity contribution in [3.05, 3.63) is 71.8 Å². The molecule has 6 heteroatoms. The average Bonchev–Trinajstić information content (AvgIpc) is 3.16. The minimum atomic E-state index is -0.196. The van der Waals surface area contributed by atoms with Crippen LogP contribution in [0.3, 0.4) is 0 Å². The summed E-state index contributed by atoms with van der Waals surface area (Å²) in [6.45, 7) is 4.07. The molecule has 2 saturated heterocycles. The quantitative estimate of drug-likeness (QED) is 0.737. The van der Waals surface area contributed by atoms with E-state index in [1.54, 1.807) is 6.08 Å². The Kier molecular flexibility index (Phi) is 6.13. The van der Waals surface area contributed by atoms with Crippen LogP contribution in [0.15, 0.2) is 60.7 Å². The van der Waals surface area contributed by atoms with Gasteiger partial charge in [-0.3, -0.25) is 4.79 Å². The summed E-state index contributed by atoms with van der Waals surface area (Å²) in [5.74, 6) is 1.00. The van der Waals surface area contributed by atoms with Crippen molar-refractivity contribution in [2.75, 3.05) is 30.7 Å². The van der Waals surface area contributed by atoms with Gasteiger partial charge in [-0.25, -0.2) is 4.79 Å². The predicted octanol–water partition coefficient (Wildman–Crippen LogP) is 4.61. The molecule has 0 radical (unpaired) electrons. The second-order valence-electron chi connectivity index (χ2n) is 7.82. The fourth-order valence-electron chi connectivity index (χ4n) is 4.14. The molecule has 2 fully saturated rings. The number of carbonyl (C=O) groups excluding carboxylic acids is 2. The van der Waals surface area contributed by atoms with E-state index in [0.29, 0.717) is 13.1 Å². The molecule has 5 nitrogen and oxygen atoms in total. The van der Waals surface area contributed by atoms with Crippen molar-refractivity contribution in [2.45, 2.75) is 24.6 Å². The van der Waals surface area contributed by atoms with E-state index in [4.69, 9.17) is 0 Å². The molecule has 0 unspecified atom stereocenters. The number of hydrogen-bond donors (Lipinski definition) is 1. The monoisotopic (exact) mass is 421 g/mol. The Bertz CT molecular complexity index is 936. The van der Waals surface area contributed by atoms with E-state index in [9.17, 15) is 9.59 Å². The van der Waals surface area contributed by atoms with Gasteiger partial charge < -0.3 is 15.1 Å². The van der Waals surface area contributed by atoms with Gasteiger partial charge in [0, 0.05) is 37.2 Å². The van der Waals surface area contributed by atoms with Crippen molar-refractivity contribution in [2.24, 2.45) is 0 Å². The Balaban J connectivity index is 1.37. The molecule has 4 rings (SSSR count). The number of likely N-dealkylation sites (tertiary alicyclic amines) is 1. The highest BCUT2D eigenvalue weighted by molar-refractivity contribution is 8.00. The average molecular weight is 422 g/mol. The first-order valence-corrected chi connectivity index (χ1v) is 11.4. The van der Waals surface area contributed by atoms with E-state index in [2.05, 4.69) is 5.32 Å². The highest BCUT2D eigenvalue weighted by atomic mass is 32.2. The van der Waals surface area contributed by atoms with Gasteiger partial charge in [-0.15, -0.1) is 11.8 Å². The highest BCUT2D eigenvalue weighted by Gasteiger charge is 2.46. The Morgan fingerprint density at radius 1 is 1.03 bits per heavy atom. The number of anilines is 1. The SMILES string of the molecule is Cc1cccc(NC(=O)N2CCC3(CC2)SCCN3C(=O)/C=C/c2ccccc2)c1. The minimum Gasteiger partial charge on any atom is -0.324 e. The van der Waals surface area contributed by atoms with Crippen LogP contribution in [-0.2, 0) is 4.79 Å². The van der Waals surface area contributed by atoms with E-state index in [1.165, 1.54) is 0 Å². The number of benzene rings is 2. The summed E-state index contributed by atoms with van der Waals surface area (Å²) in [6.07, 6.45) is 5.15. The smallest absolute Gasteiger partial charge is 0.321 e. The maximum atomic E-state index is 12.9. The molecule has 2 aliphatic rings. The fourth-order valence-corrected chi connectivity index (χ4v) is 5.60. The van der Waals surface area contributed by atoms with E-state index in [1.807, 2.05) is 89.2 Å². The third kappa shape index (κ3) is 4.54. The van der Waals surface area contributed by atoms with Gasteiger partial charge in [-0.05, 0) is 49.1 Å². The molecule has 0 aromatic heterocycles. The van der Waals surface area contributed by atoms with Gasteiger partial charge in [-0.2, -0.15) is 0 Å². The number of nitrogens with zero attached hydrogens (tertiary/aromatic N) is 2. The standard InChI is InChI=1S/C24H27N3O2S/c1-19-6-5-9-21(18-19)25-23(29)26-14-12-24(13-15-26)27(16-17-30-24)22(28)11-10-20-7-3-2-4-8-20/h2-11,18H,12-17H2,1H3,(H,25,29)/b11-10+. The van der Waals surface area contributed by atoms with Gasteiger partial charge in [0.05, 0.1) is 4.87 Å². The summed E-state index contributed by atoms with van der Waals surface area (Å²) in [7, 11) is 0. The number of nitrogens with one attached hydrogen (secondary N) is 1. The maximum Gasteiger partial charge on any atom is 0.321 e. The van der Waals surface area contributed by atoms with E-state index in [-0.39, 0.29) is 16.8 Å². The molecule has 3 amide bonds. The molecule has 1 N–H and O–H groups in total. The van der Waals surface area contributed by atoms with Crippen molar-refractivity contribution in [1.29, 1.82) is 0 Å². The van der Waals surface area contributed by atoms with E-state index in [0.717, 1.165) is 42.0 Å². The van der Waals surface area contributed by atoms with Crippen LogP contribution in [0.1, 0.15) is 24.0 Å². The molecule has 30 heavy (non-hydrogen) atoms. The lowest BCUT2D eigenvalue weighted by Crippen LogP contribution is -2.53. The van der Waals surface area contributed by atoms with Crippen molar-refractivity contribution in [3.63, 3.8) is 0 Å². The number of piperidine rings is 1. The van der Waals surface area contributed by atoms with Gasteiger partial charge >= 0.3 is 6.03 Å². The molecule has 0 aliphatic carbocycles. The van der Waals surface area contributed by atoms with Gasteiger partial charge in [-0.1, -0.05) is 42.5 Å². The van der Waals surface area contributed by atoms with Crippen LogP contribution in [0.5, 0.6) is 0 Å². The summed E-state index contributed by atoms with van der Waals surface area (Å²) < 4.78 is 0. The van der Waals surface area contributed by atoms with E-state index >= 15 is 0 Å². The van der Waals surface area contributed by atoms with Crippen LogP contribution in [0.4, 0.5) is 10.5 Å². The van der Waals surface area contributed by atoms with Gasteiger partial charge in [0.1, 0.15) is 0 Å². The number of aryl methyl sites for hydroxylation is 1. The topological polar surface area (TPSA) is 52.7 Å². The van der Waals surface area contributed by atoms with Crippen LogP contribution in [-0.4, -0.2) is 52.0 Å². The minimum absolute atomic E-state index is 0.0570. The second-order valence-corrected chi connectivity index (χ2v) is 9.27. The van der Waals surface area contributed by atoms with Gasteiger partial charge in [0.15, 0.2) is 0 Å². The number of urea groups is 1. The first-order valence-electron chi connectivity index (χ1n) is 10.4. The van der Waals surface area contributed by atoms with Crippen molar-refractivity contribution in [3.8, 4) is 0 Å². The molecule has 0 bridgehead atoms. The Morgan fingerprint density at radius 2 is 1.80 bits per heavy atom. The number of carbonyl (C=O) groups is 2. The first kappa shape index (κ1) is 20.5. The number of hydrogen-bond acceptors (Lipinski definition) is 3. The Morgan fingerprint density at radius 3 is 2.53 bits per heavy atom. The normalized spacial score (nSPS) is 18.2. The van der Waals surface area contributed by atoms with Crippen LogP contribution < -0.4 is 5.32 Å². The summed E-state index contributed by atoms with van der Waals surface area (Å²) in [5, 5.41) is 2.99. The molecule has 0 atom stereocenters. The zero-order valence-corrected chi connectivity index (χ0v) is 18.0. The number of thioether (sulfide) groups is 1. The Hall–Kier alpha value is -2.73. The summed E-state index contributed by atoms with van der Waals surface area (Å²) in [5.41, 5.74) is 2.96. The van der Waals surface area contributed by atoms with E-state index < -0.39 is 0 Å². The third-order valence-corrected chi connectivity index (χ3v) is 7.32. The lowest BCUT2D eigenvalue weighted by atomic mass is 10.0. The molecule has 2 aromatic rings. The summed E-state index contributed by atoms with van der Waals surface area (Å²) in [6, 6.07) is 17.6. The molecule has 2 aromatic carbocycles. The lowest BCUT2D eigenvalue weighted by Gasteiger charge is -2.43. The van der Waals surface area contributed by atoms with Crippen LogP contribution in [0, 0.1) is 6.92 Å². The van der Waals surface area contributed by atoms with Gasteiger partial charge in [0.25, 0.3) is 0 Å². The molecule has 156 valence electrons. The van der Waals surface area contributed by atoms with Gasteiger partial charge in [0.2, 0.25) is 5.91 Å². The molecular formula is C24H27N3O2S. The molecule has 2 heterocycles. The number of rotatable bonds is 3. The molecule has 1 spiro atoms.